The molecule has 1 fully saturated rings. The van der Waals surface area contributed by atoms with E-state index in [1.54, 1.807) is 0 Å². The molecule has 0 aromatic heterocycles. The number of phenols is 1. The van der Waals surface area contributed by atoms with Crippen molar-refractivity contribution in [3.63, 3.8) is 0 Å². The van der Waals surface area contributed by atoms with Crippen molar-refractivity contribution in [1.29, 1.82) is 0 Å². The van der Waals surface area contributed by atoms with Crippen LogP contribution in [0.5, 0.6) is 11.5 Å². The van der Waals surface area contributed by atoms with E-state index in [-0.39, 0.29) is 23.4 Å². The van der Waals surface area contributed by atoms with E-state index < -0.39 is 0 Å². The summed E-state index contributed by atoms with van der Waals surface area (Å²) in [6.07, 6.45) is 4.42. The molecule has 3 rings (SSSR count). The van der Waals surface area contributed by atoms with Crippen LogP contribution in [0.2, 0.25) is 0 Å². The lowest BCUT2D eigenvalue weighted by Crippen LogP contribution is -2.54. The zero-order chi connectivity index (χ0) is 14.3. The maximum Gasteiger partial charge on any atom is 0.165 e. The van der Waals surface area contributed by atoms with Gasteiger partial charge in [-0.05, 0) is 45.2 Å². The Hall–Kier alpha value is -1.29. The molecule has 0 radical (unpaired) electrons. The largest absolute Gasteiger partial charge is 0.508 e. The van der Waals surface area contributed by atoms with Crippen LogP contribution in [0.15, 0.2) is 12.1 Å². The van der Waals surface area contributed by atoms with Crippen LogP contribution < -0.4 is 4.74 Å². The molecule has 1 aromatic carbocycles. The molecule has 1 aliphatic heterocycles. The van der Waals surface area contributed by atoms with Gasteiger partial charge in [-0.25, -0.2) is 4.39 Å². The summed E-state index contributed by atoms with van der Waals surface area (Å²) in [5.41, 5.74) is 0.617. The van der Waals surface area contributed by atoms with E-state index in [0.717, 1.165) is 0 Å². The maximum atomic E-state index is 13.7. The van der Waals surface area contributed by atoms with Gasteiger partial charge < -0.3 is 9.84 Å². The van der Waals surface area contributed by atoms with E-state index in [0.29, 0.717) is 30.7 Å². The Morgan fingerprint density at radius 3 is 2.65 bits per heavy atom. The van der Waals surface area contributed by atoms with Crippen molar-refractivity contribution in [3.05, 3.63) is 23.5 Å². The Kier molecular flexibility index (Phi) is 3.59. The molecule has 1 saturated carbocycles. The highest BCUT2D eigenvalue weighted by molar-refractivity contribution is 5.46. The van der Waals surface area contributed by atoms with Gasteiger partial charge in [0.15, 0.2) is 11.6 Å². The van der Waals surface area contributed by atoms with Crippen LogP contribution in [0.25, 0.3) is 0 Å². The highest BCUT2D eigenvalue weighted by Crippen LogP contribution is 2.38. The summed E-state index contributed by atoms with van der Waals surface area (Å²) < 4.78 is 19.3. The van der Waals surface area contributed by atoms with E-state index in [4.69, 9.17) is 4.74 Å². The van der Waals surface area contributed by atoms with Gasteiger partial charge in [0.1, 0.15) is 12.4 Å². The molecule has 0 saturated heterocycles. The Labute approximate surface area is 119 Å². The molecular weight excluding hydrogens is 257 g/mol. The number of ether oxygens (including phenoxy) is 1. The van der Waals surface area contributed by atoms with Gasteiger partial charge in [-0.2, -0.15) is 0 Å². The number of fused-ring (bicyclic) bond motifs is 1. The smallest absolute Gasteiger partial charge is 0.165 e. The van der Waals surface area contributed by atoms with Gasteiger partial charge >= 0.3 is 0 Å². The van der Waals surface area contributed by atoms with Crippen LogP contribution in [-0.2, 0) is 6.42 Å². The fourth-order valence-electron chi connectivity index (χ4n) is 3.43. The molecular formula is C16H22FNO2. The van der Waals surface area contributed by atoms with Gasteiger partial charge in [-0.15, -0.1) is 0 Å². The first-order chi connectivity index (χ1) is 9.58. The molecule has 3 nitrogen and oxygen atoms in total. The summed E-state index contributed by atoms with van der Waals surface area (Å²) in [6.45, 7) is 4.89. The summed E-state index contributed by atoms with van der Waals surface area (Å²) in [6, 6.07) is 3.95. The lowest BCUT2D eigenvalue weighted by molar-refractivity contribution is 0.0181. The minimum atomic E-state index is -0.379. The molecule has 110 valence electrons. The van der Waals surface area contributed by atoms with Crippen molar-refractivity contribution in [3.8, 4) is 11.5 Å². The van der Waals surface area contributed by atoms with Crippen LogP contribution in [0.1, 0.15) is 38.7 Å². The van der Waals surface area contributed by atoms with Crippen LogP contribution in [0.4, 0.5) is 4.39 Å². The molecule has 0 unspecified atom stereocenters. The van der Waals surface area contributed by atoms with E-state index in [9.17, 15) is 9.50 Å². The first-order valence-electron chi connectivity index (χ1n) is 7.48. The highest BCUT2D eigenvalue weighted by atomic mass is 19.1. The van der Waals surface area contributed by atoms with Crippen LogP contribution in [-0.4, -0.2) is 34.7 Å². The van der Waals surface area contributed by atoms with E-state index in [2.05, 4.69) is 18.7 Å². The molecule has 1 heterocycles. The second kappa shape index (κ2) is 5.24. The predicted molar refractivity (Wildman–Crippen MR) is 75.7 cm³/mol. The standard InChI is InChI=1S/C16H22FNO2/c1-10(2)18(11-4-3-5-11)12-8-13-15(19)7-6-14(17)16(13)20-9-12/h6-7,10-12,19H,3-5,8-9H2,1-2H3/t12-/m1/s1. The van der Waals surface area contributed by atoms with Crippen molar-refractivity contribution in [2.24, 2.45) is 0 Å². The highest BCUT2D eigenvalue weighted by Gasteiger charge is 2.36. The zero-order valence-electron chi connectivity index (χ0n) is 12.1. The number of halogens is 1. The van der Waals surface area contributed by atoms with E-state index in [1.165, 1.54) is 31.4 Å². The first-order valence-corrected chi connectivity index (χ1v) is 7.48. The van der Waals surface area contributed by atoms with Gasteiger partial charge in [0, 0.05) is 23.7 Å². The van der Waals surface area contributed by atoms with Crippen molar-refractivity contribution in [2.45, 2.75) is 57.7 Å². The Balaban J connectivity index is 1.85. The predicted octanol–water partition coefficient (Wildman–Crippen LogP) is 3.10. The maximum absolute atomic E-state index is 13.7. The quantitative estimate of drug-likeness (QED) is 0.923. The number of phenolic OH excluding ortho intramolecular Hbond substituents is 1. The lowest BCUT2D eigenvalue weighted by Gasteiger charge is -2.46. The fourth-order valence-corrected chi connectivity index (χ4v) is 3.43. The van der Waals surface area contributed by atoms with Gasteiger partial charge in [-0.3, -0.25) is 4.90 Å². The number of benzene rings is 1. The average molecular weight is 279 g/mol. The Morgan fingerprint density at radius 2 is 2.05 bits per heavy atom. The first kappa shape index (κ1) is 13.7. The second-order valence-corrected chi connectivity index (χ2v) is 6.17. The average Bonchev–Trinajstić information content (AvgIpc) is 2.37. The summed E-state index contributed by atoms with van der Waals surface area (Å²) >= 11 is 0. The van der Waals surface area contributed by atoms with Gasteiger partial charge in [0.2, 0.25) is 0 Å². The lowest BCUT2D eigenvalue weighted by atomic mass is 9.87. The van der Waals surface area contributed by atoms with E-state index in [1.807, 2.05) is 0 Å². The van der Waals surface area contributed by atoms with Crippen molar-refractivity contribution < 1.29 is 14.2 Å². The van der Waals surface area contributed by atoms with Gasteiger partial charge in [0.05, 0.1) is 0 Å². The molecule has 0 spiro atoms. The third kappa shape index (κ3) is 2.26. The summed E-state index contributed by atoms with van der Waals surface area (Å²) in [5, 5.41) is 9.96. The van der Waals surface area contributed by atoms with E-state index >= 15 is 0 Å². The van der Waals surface area contributed by atoms with Crippen molar-refractivity contribution in [1.82, 2.24) is 4.90 Å². The third-order valence-electron chi connectivity index (χ3n) is 4.56. The van der Waals surface area contributed by atoms with Gasteiger partial charge in [0.25, 0.3) is 0 Å². The van der Waals surface area contributed by atoms with Gasteiger partial charge in [-0.1, -0.05) is 6.42 Å². The topological polar surface area (TPSA) is 32.7 Å². The third-order valence-corrected chi connectivity index (χ3v) is 4.56. The molecule has 1 aliphatic carbocycles. The van der Waals surface area contributed by atoms with Crippen LogP contribution >= 0.6 is 0 Å². The summed E-state index contributed by atoms with van der Waals surface area (Å²) in [7, 11) is 0. The molecule has 1 atom stereocenters. The van der Waals surface area contributed by atoms with Crippen molar-refractivity contribution >= 4 is 0 Å². The molecule has 1 aromatic rings. The molecule has 4 heteroatoms. The Morgan fingerprint density at radius 1 is 1.30 bits per heavy atom. The number of aromatic hydroxyl groups is 1. The molecule has 0 bridgehead atoms. The number of nitrogens with zero attached hydrogens (tertiary/aromatic N) is 1. The fraction of sp³-hybridized carbons (Fsp3) is 0.625. The minimum absolute atomic E-state index is 0.142. The Bertz CT molecular complexity index is 499. The normalized spacial score (nSPS) is 22.6. The minimum Gasteiger partial charge on any atom is -0.508 e. The number of rotatable bonds is 3. The monoisotopic (exact) mass is 279 g/mol. The van der Waals surface area contributed by atoms with Crippen LogP contribution in [0, 0.1) is 5.82 Å². The molecule has 20 heavy (non-hydrogen) atoms. The SMILES string of the molecule is CC(C)N(C1CCC1)[C@H]1COc2c(F)ccc(O)c2C1. The summed E-state index contributed by atoms with van der Waals surface area (Å²) in [5.74, 6) is -0.00188. The molecule has 2 aliphatic rings. The van der Waals surface area contributed by atoms with Crippen LogP contribution in [0.3, 0.4) is 0 Å². The summed E-state index contributed by atoms with van der Waals surface area (Å²) in [4.78, 5) is 2.48. The molecule has 1 N–H and O–H groups in total. The van der Waals surface area contributed by atoms with Crippen molar-refractivity contribution in [2.75, 3.05) is 6.61 Å². The number of hydrogen-bond donors (Lipinski definition) is 1. The molecule has 0 amide bonds. The second-order valence-electron chi connectivity index (χ2n) is 6.17. The number of hydrogen-bond acceptors (Lipinski definition) is 3. The zero-order valence-corrected chi connectivity index (χ0v) is 12.1.